The van der Waals surface area contributed by atoms with Gasteiger partial charge in [0.05, 0.1) is 97.2 Å². The fourth-order valence-electron chi connectivity index (χ4n) is 9.41. The van der Waals surface area contributed by atoms with Gasteiger partial charge < -0.3 is 35.9 Å². The van der Waals surface area contributed by atoms with Gasteiger partial charge >= 0.3 is 20.8 Å². The highest BCUT2D eigenvalue weighted by Crippen LogP contribution is 2.53. The highest BCUT2D eigenvalue weighted by Gasteiger charge is 2.30. The molecular formula is C58H52N10O34S11. The van der Waals surface area contributed by atoms with E-state index in [-0.39, 0.29) is 128 Å². The van der Waals surface area contributed by atoms with Crippen molar-refractivity contribution in [2.24, 2.45) is 40.9 Å². The minimum atomic E-state index is -5.38. The zero-order valence-electron chi connectivity index (χ0n) is 56.4. The number of methoxy groups -OCH3 is 2. The third-order valence-corrected chi connectivity index (χ3v) is 23.5. The number of fused-ring (bicyclic) bond motifs is 2. The van der Waals surface area contributed by atoms with Gasteiger partial charge in [-0.25, -0.2) is 27.4 Å². The monoisotopic (exact) mass is 1780 g/mol. The number of phenolic OH excluding ortho intramolecular Hbond substituents is 2. The number of anilines is 2. The molecule has 0 aliphatic heterocycles. The lowest BCUT2D eigenvalue weighted by atomic mass is 10.1. The molecule has 0 unspecified atom stereocenters. The van der Waals surface area contributed by atoms with Crippen molar-refractivity contribution in [3.63, 3.8) is 0 Å². The minimum Gasteiger partial charge on any atom is -0.505 e. The summed E-state index contributed by atoms with van der Waals surface area (Å²) in [5, 5.41) is 83.8. The molecular weight excluding hydrogens is 1730 g/mol. The van der Waals surface area contributed by atoms with Gasteiger partial charge in [-0.15, -0.1) is 44.5 Å². The molecule has 0 heterocycles. The predicted octanol–water partition coefficient (Wildman–Crippen LogP) is 12.2. The molecule has 13 N–H and O–H groups in total. The molecule has 44 nitrogen and oxygen atoms in total. The van der Waals surface area contributed by atoms with Crippen LogP contribution in [0.5, 0.6) is 23.0 Å². The lowest BCUT2D eigenvalue weighted by Crippen LogP contribution is -2.10. The van der Waals surface area contributed by atoms with Crippen molar-refractivity contribution in [1.29, 1.82) is 0 Å². The highest BCUT2D eigenvalue weighted by molar-refractivity contribution is 8.04. The van der Waals surface area contributed by atoms with Crippen molar-refractivity contribution < 1.29 is 154 Å². The lowest BCUT2D eigenvalue weighted by Gasteiger charge is -2.14. The van der Waals surface area contributed by atoms with Crippen LogP contribution in [0.2, 0.25) is 0 Å². The van der Waals surface area contributed by atoms with E-state index in [2.05, 4.69) is 88.6 Å². The second-order valence-corrected chi connectivity index (χ2v) is 35.1. The van der Waals surface area contributed by atoms with Gasteiger partial charge in [0.2, 0.25) is 0 Å². The van der Waals surface area contributed by atoms with Crippen LogP contribution < -0.4 is 20.9 Å². The zero-order valence-corrected chi connectivity index (χ0v) is 65.4. The number of sulfone groups is 2. The fraction of sp³-hybridized carbons (Fsp3) is 0.172. The molecule has 604 valence electrons. The molecule has 0 atom stereocenters. The van der Waals surface area contributed by atoms with Crippen LogP contribution >= 0.6 is 47.6 Å². The first-order valence-electron chi connectivity index (χ1n) is 29.9. The van der Waals surface area contributed by atoms with E-state index in [0.717, 1.165) is 59.9 Å². The maximum absolute atomic E-state index is 13.5. The second-order valence-electron chi connectivity index (χ2n) is 21.5. The number of benzene rings is 8. The number of thioether (sulfide) groups is 2. The second kappa shape index (κ2) is 38.7. The molecule has 8 aromatic carbocycles. The Bertz CT molecular complexity index is 6090. The molecule has 0 amide bonds. The maximum atomic E-state index is 13.5. The Morgan fingerprint density at radius 1 is 0.434 bits per heavy atom. The topological polar surface area (TPSA) is 674 Å². The molecule has 0 spiro atoms. The van der Waals surface area contributed by atoms with Gasteiger partial charge in [-0.1, -0.05) is 10.1 Å². The summed E-state index contributed by atoms with van der Waals surface area (Å²) in [7, 11) is -31.6. The third-order valence-electron chi connectivity index (χ3n) is 14.2. The van der Waals surface area contributed by atoms with E-state index < -0.39 is 153 Å². The van der Waals surface area contributed by atoms with Gasteiger partial charge in [-0.05, 0) is 172 Å². The minimum absolute atomic E-state index is 0.0191. The summed E-state index contributed by atoms with van der Waals surface area (Å²) in [4.78, 5) is 4.45. The standard InChI is InChI=1S/C58H52N10O34S11/c1-92-42-29-35(103-21-19-95-101-112(86,87)88)9-14-39(42)62-65-53-44(105-99-97-71)25-32-27-47(110(80,81)82)55(51(59)49(32)57(53)69)67-61-34-7-11-37(12-8-34)107(73,74)23-5-3-17-94-18-4-6-24-108(75,76)38-13-16-41(46(31-38)109(77,78)79)64-68-56-48(111(83,84)85)28-33-26-45(106-100-98-72)54(58(70)50(33)52(56)60)66-63-40-15-10-36(30-43(40)93-2)104-22-20-96-102-113(89,90)91/h7-16,25-31,69-72H,3-6,17-18,23-24,59-60H2,1-2H3,(H,77,78,79)(H,80,81,82)(H,83,84,85)(H,86,87,88)(H,89,90,91). The van der Waals surface area contributed by atoms with Gasteiger partial charge in [0.1, 0.15) is 66.0 Å². The molecule has 0 aromatic heterocycles. The number of nitrogen functional groups attached to an aromatic ring is 2. The number of nitrogens with zero attached hydrogens (tertiary/aromatic N) is 8. The van der Waals surface area contributed by atoms with Crippen LogP contribution in [0.1, 0.15) is 25.7 Å². The largest absolute Gasteiger partial charge is 0.505 e. The number of hydrogen-bond acceptors (Lipinski definition) is 43. The van der Waals surface area contributed by atoms with Crippen molar-refractivity contribution in [3.05, 3.63) is 103 Å². The summed E-state index contributed by atoms with van der Waals surface area (Å²) < 4.78 is 254. The van der Waals surface area contributed by atoms with Gasteiger partial charge in [0, 0.05) is 33.5 Å². The number of azo groups is 4. The van der Waals surface area contributed by atoms with E-state index in [9.17, 15) is 82.8 Å². The summed E-state index contributed by atoms with van der Waals surface area (Å²) in [6.07, 6.45) is 4.05. The van der Waals surface area contributed by atoms with Gasteiger partial charge in [-0.2, -0.15) is 47.2 Å². The molecule has 55 heteroatoms. The maximum Gasteiger partial charge on any atom is 0.433 e. The Morgan fingerprint density at radius 3 is 1.23 bits per heavy atom. The number of aromatic hydroxyl groups is 2. The van der Waals surface area contributed by atoms with Crippen molar-refractivity contribution in [2.75, 3.05) is 50.4 Å². The summed E-state index contributed by atoms with van der Waals surface area (Å²) >= 11 is 2.02. The fourth-order valence-corrected chi connectivity index (χ4v) is 16.5. The molecule has 113 heavy (non-hydrogen) atoms. The molecule has 0 bridgehead atoms. The highest BCUT2D eigenvalue weighted by atomic mass is 32.3. The lowest BCUT2D eigenvalue weighted by molar-refractivity contribution is -0.432. The smallest absolute Gasteiger partial charge is 0.433 e. The number of nitrogens with two attached hydrogens (primary N) is 2. The molecule has 0 fully saturated rings. The van der Waals surface area contributed by atoms with E-state index in [4.69, 9.17) is 45.3 Å². The molecule has 0 radical (unpaired) electrons. The van der Waals surface area contributed by atoms with Crippen LogP contribution in [0.25, 0.3) is 21.5 Å². The Morgan fingerprint density at radius 2 is 0.823 bits per heavy atom. The Kier molecular flexibility index (Phi) is 30.5. The number of ether oxygens (including phenoxy) is 3. The molecule has 0 saturated heterocycles. The van der Waals surface area contributed by atoms with E-state index in [1.165, 1.54) is 74.9 Å². The first kappa shape index (κ1) is 89.2. The number of hydrogen-bond donors (Lipinski definition) is 11. The van der Waals surface area contributed by atoms with E-state index in [0.29, 0.717) is 15.9 Å². The predicted molar refractivity (Wildman–Crippen MR) is 394 cm³/mol. The normalized spacial score (nSPS) is 12.6. The van der Waals surface area contributed by atoms with Crippen LogP contribution in [0.3, 0.4) is 0 Å². The van der Waals surface area contributed by atoms with Crippen LogP contribution in [0.4, 0.5) is 56.9 Å². The van der Waals surface area contributed by atoms with E-state index >= 15 is 0 Å². The first-order valence-corrected chi connectivity index (χ1v) is 43.4. The summed E-state index contributed by atoms with van der Waals surface area (Å²) in [5.41, 5.74) is 8.06. The quantitative estimate of drug-likeness (QED) is 0.00198. The summed E-state index contributed by atoms with van der Waals surface area (Å²) in [6, 6.07) is 19.2. The average Bonchev–Trinajstić information content (AvgIpc) is 0.750. The van der Waals surface area contributed by atoms with Crippen LogP contribution in [-0.2, 0) is 113 Å². The van der Waals surface area contributed by atoms with Gasteiger partial charge in [0.25, 0.3) is 30.4 Å². The Hall–Kier alpha value is -9.31. The van der Waals surface area contributed by atoms with Gasteiger partial charge in [-0.3, -0.25) is 32.5 Å². The van der Waals surface area contributed by atoms with E-state index in [1.54, 1.807) is 0 Å². The SMILES string of the molecule is COc1cc(SC#COOS(=O)(=O)O)ccc1N=Nc1c(SOOO)cc2cc(S(=O)(=O)O)c(N=Nc3ccc(S(=O)(=O)CCCCOCCCCS(=O)(=O)c4ccc(N=Nc5c(S(=O)(=O)O)cc6cc(SOOO)c(N=Nc7ccc(SC#COOS(=O)(=O)O)cc7OC)c(O)c6c5N)c(S(=O)(=O)O)c4)cc3)c(N)c2c1O. The van der Waals surface area contributed by atoms with Crippen LogP contribution in [0.15, 0.2) is 188 Å². The Labute approximate surface area is 655 Å². The molecule has 0 saturated carbocycles. The molecule has 0 aliphatic carbocycles. The summed E-state index contributed by atoms with van der Waals surface area (Å²) in [6.45, 7) is 0.00486. The zero-order chi connectivity index (χ0) is 82.9. The molecule has 8 aromatic rings. The third kappa shape index (κ3) is 24.6. The Balaban J connectivity index is 0.890. The first-order chi connectivity index (χ1) is 53.2. The van der Waals surface area contributed by atoms with Crippen molar-refractivity contribution in [2.45, 2.75) is 69.7 Å². The molecule has 8 rings (SSSR count). The number of unbranched alkanes of at least 4 members (excludes halogenated alkanes) is 2. The van der Waals surface area contributed by atoms with E-state index in [1.807, 2.05) is 12.2 Å². The summed E-state index contributed by atoms with van der Waals surface area (Å²) in [5.74, 6) is -2.57. The number of rotatable bonds is 37. The van der Waals surface area contributed by atoms with Crippen molar-refractivity contribution >= 4 is 197 Å². The van der Waals surface area contributed by atoms with Crippen molar-refractivity contribution in [1.82, 2.24) is 0 Å². The van der Waals surface area contributed by atoms with Gasteiger partial charge in [0.15, 0.2) is 43.4 Å². The van der Waals surface area contributed by atoms with Crippen LogP contribution in [0, 0.1) is 22.7 Å². The van der Waals surface area contributed by atoms with Crippen molar-refractivity contribution in [3.8, 4) is 45.7 Å². The molecule has 0 aliphatic rings. The van der Waals surface area contributed by atoms with Crippen LogP contribution in [-0.4, -0.2) is 141 Å². The average molecular weight is 1790 g/mol. The number of phenols is 2.